The molecule has 0 fully saturated rings. The number of esters is 1. The average Bonchev–Trinajstić information content (AvgIpc) is 2.33. The third kappa shape index (κ3) is 3.84. The van der Waals surface area contributed by atoms with Gasteiger partial charge in [0.05, 0.1) is 6.61 Å². The Balaban J connectivity index is 2.59. The molecule has 0 aliphatic heterocycles. The van der Waals surface area contributed by atoms with E-state index in [0.717, 1.165) is 0 Å². The van der Waals surface area contributed by atoms with Crippen LogP contribution in [0.25, 0.3) is 0 Å². The van der Waals surface area contributed by atoms with Crippen LogP contribution in [0.5, 0.6) is 0 Å². The van der Waals surface area contributed by atoms with Gasteiger partial charge in [0, 0.05) is 12.6 Å². The first-order valence-electron chi connectivity index (χ1n) is 5.58. The van der Waals surface area contributed by atoms with Crippen molar-refractivity contribution in [3.8, 4) is 0 Å². The van der Waals surface area contributed by atoms with Crippen LogP contribution in [-0.2, 0) is 9.53 Å². The summed E-state index contributed by atoms with van der Waals surface area (Å²) in [7, 11) is 0. The van der Waals surface area contributed by atoms with E-state index in [9.17, 15) is 13.6 Å². The summed E-state index contributed by atoms with van der Waals surface area (Å²) in [6.45, 7) is 3.67. The van der Waals surface area contributed by atoms with Gasteiger partial charge < -0.3 is 10.1 Å². The second-order valence-electron chi connectivity index (χ2n) is 3.59. The zero-order valence-electron chi connectivity index (χ0n) is 10.3. The number of carbonyl (C=O) groups is 1. The highest BCUT2D eigenvalue weighted by molar-refractivity contribution is 5.81. The SMILES string of the molecule is CCOC(=O)/C=C/CNc1c(F)ccc(C)c1F. The maximum absolute atomic E-state index is 13.6. The molecule has 1 N–H and O–H groups in total. The number of ether oxygens (including phenoxy) is 1. The number of benzene rings is 1. The predicted molar refractivity (Wildman–Crippen MR) is 65.4 cm³/mol. The number of halogens is 2. The minimum atomic E-state index is -0.664. The Morgan fingerprint density at radius 1 is 1.44 bits per heavy atom. The number of hydrogen-bond acceptors (Lipinski definition) is 3. The molecular formula is C13H15F2NO2. The molecule has 0 aliphatic carbocycles. The molecule has 0 atom stereocenters. The van der Waals surface area contributed by atoms with Gasteiger partial charge in [-0.25, -0.2) is 13.6 Å². The van der Waals surface area contributed by atoms with Crippen molar-refractivity contribution < 1.29 is 18.3 Å². The van der Waals surface area contributed by atoms with Crippen molar-refractivity contribution in [1.82, 2.24) is 0 Å². The molecule has 1 aromatic carbocycles. The van der Waals surface area contributed by atoms with Crippen molar-refractivity contribution in [2.45, 2.75) is 13.8 Å². The molecular weight excluding hydrogens is 240 g/mol. The van der Waals surface area contributed by atoms with Gasteiger partial charge in [0.15, 0.2) is 5.82 Å². The van der Waals surface area contributed by atoms with E-state index in [2.05, 4.69) is 10.1 Å². The van der Waals surface area contributed by atoms with Gasteiger partial charge in [0.1, 0.15) is 11.5 Å². The van der Waals surface area contributed by atoms with Crippen LogP contribution in [0.4, 0.5) is 14.5 Å². The Kier molecular flexibility index (Phi) is 5.30. The first kappa shape index (κ1) is 14.2. The molecule has 0 heterocycles. The molecule has 0 aliphatic rings. The van der Waals surface area contributed by atoms with E-state index in [-0.39, 0.29) is 18.8 Å². The Labute approximate surface area is 104 Å². The molecule has 0 radical (unpaired) electrons. The summed E-state index contributed by atoms with van der Waals surface area (Å²) < 4.78 is 31.5. The minimum absolute atomic E-state index is 0.135. The van der Waals surface area contributed by atoms with E-state index in [1.165, 1.54) is 24.3 Å². The van der Waals surface area contributed by atoms with E-state index in [4.69, 9.17) is 0 Å². The van der Waals surface area contributed by atoms with Crippen LogP contribution in [0.1, 0.15) is 12.5 Å². The lowest BCUT2D eigenvalue weighted by molar-refractivity contribution is -0.137. The van der Waals surface area contributed by atoms with Crippen LogP contribution in [0, 0.1) is 18.6 Å². The highest BCUT2D eigenvalue weighted by Crippen LogP contribution is 2.21. The van der Waals surface area contributed by atoms with Gasteiger partial charge in [-0.1, -0.05) is 12.1 Å². The van der Waals surface area contributed by atoms with Gasteiger partial charge in [-0.05, 0) is 25.5 Å². The van der Waals surface area contributed by atoms with Gasteiger partial charge in [-0.2, -0.15) is 0 Å². The highest BCUT2D eigenvalue weighted by atomic mass is 19.1. The van der Waals surface area contributed by atoms with E-state index < -0.39 is 17.6 Å². The first-order valence-corrected chi connectivity index (χ1v) is 5.58. The average molecular weight is 255 g/mol. The topological polar surface area (TPSA) is 38.3 Å². The first-order chi connectivity index (χ1) is 8.56. The molecule has 0 saturated heterocycles. The van der Waals surface area contributed by atoms with E-state index >= 15 is 0 Å². The van der Waals surface area contributed by atoms with Crippen molar-refractivity contribution in [3.63, 3.8) is 0 Å². The summed E-state index contributed by atoms with van der Waals surface area (Å²) in [6.07, 6.45) is 2.65. The molecule has 0 amide bonds. The standard InChI is InChI=1S/C13H15F2NO2/c1-3-18-11(17)5-4-8-16-13-10(14)7-6-9(2)12(13)15/h4-7,16H,3,8H2,1-2H3/b5-4+. The van der Waals surface area contributed by atoms with Gasteiger partial charge in [-0.15, -0.1) is 0 Å². The van der Waals surface area contributed by atoms with Gasteiger partial charge in [0.25, 0.3) is 0 Å². The van der Waals surface area contributed by atoms with E-state index in [1.807, 2.05) is 0 Å². The van der Waals surface area contributed by atoms with Gasteiger partial charge >= 0.3 is 5.97 Å². The molecule has 5 heteroatoms. The van der Waals surface area contributed by atoms with Crippen LogP contribution >= 0.6 is 0 Å². The number of carbonyl (C=O) groups excluding carboxylic acids is 1. The highest BCUT2D eigenvalue weighted by Gasteiger charge is 2.09. The summed E-state index contributed by atoms with van der Waals surface area (Å²) in [5, 5.41) is 2.57. The maximum atomic E-state index is 13.6. The molecule has 98 valence electrons. The minimum Gasteiger partial charge on any atom is -0.463 e. The molecule has 0 bridgehead atoms. The second-order valence-corrected chi connectivity index (χ2v) is 3.59. The fourth-order valence-corrected chi connectivity index (χ4v) is 1.33. The molecule has 18 heavy (non-hydrogen) atoms. The maximum Gasteiger partial charge on any atom is 0.330 e. The van der Waals surface area contributed by atoms with Gasteiger partial charge in [0.2, 0.25) is 0 Å². The third-order valence-corrected chi connectivity index (χ3v) is 2.22. The molecule has 1 aromatic rings. The molecule has 0 saturated carbocycles. The summed E-state index contributed by atoms with van der Waals surface area (Å²) in [5.41, 5.74) is 0.164. The zero-order valence-corrected chi connectivity index (χ0v) is 10.3. The quantitative estimate of drug-likeness (QED) is 0.649. The lowest BCUT2D eigenvalue weighted by Gasteiger charge is -2.08. The van der Waals surface area contributed by atoms with E-state index in [1.54, 1.807) is 13.8 Å². The van der Waals surface area contributed by atoms with Crippen LogP contribution < -0.4 is 5.32 Å². The predicted octanol–water partition coefficient (Wildman–Crippen LogP) is 2.80. The summed E-state index contributed by atoms with van der Waals surface area (Å²) in [6, 6.07) is 2.56. The monoisotopic (exact) mass is 255 g/mol. The summed E-state index contributed by atoms with van der Waals surface area (Å²) >= 11 is 0. The third-order valence-electron chi connectivity index (χ3n) is 2.22. The molecule has 3 nitrogen and oxygen atoms in total. The Bertz CT molecular complexity index is 459. The number of anilines is 1. The second kappa shape index (κ2) is 6.74. The number of hydrogen-bond donors (Lipinski definition) is 1. The number of rotatable bonds is 5. The molecule has 0 aromatic heterocycles. The Morgan fingerprint density at radius 3 is 2.83 bits per heavy atom. The van der Waals surface area contributed by atoms with Crippen LogP contribution in [0.15, 0.2) is 24.3 Å². The zero-order chi connectivity index (χ0) is 13.5. The smallest absolute Gasteiger partial charge is 0.330 e. The van der Waals surface area contributed by atoms with Crippen molar-refractivity contribution in [2.75, 3.05) is 18.5 Å². The van der Waals surface area contributed by atoms with Crippen molar-refractivity contribution >= 4 is 11.7 Å². The summed E-state index contributed by atoms with van der Waals surface area (Å²) in [5.74, 6) is -1.77. The van der Waals surface area contributed by atoms with Gasteiger partial charge in [-0.3, -0.25) is 0 Å². The van der Waals surface area contributed by atoms with Crippen LogP contribution in [-0.4, -0.2) is 19.1 Å². The van der Waals surface area contributed by atoms with Crippen molar-refractivity contribution in [1.29, 1.82) is 0 Å². The molecule has 0 unspecified atom stereocenters. The Hall–Kier alpha value is -1.91. The normalized spacial score (nSPS) is 10.7. The largest absolute Gasteiger partial charge is 0.463 e. The fourth-order valence-electron chi connectivity index (χ4n) is 1.33. The van der Waals surface area contributed by atoms with Crippen molar-refractivity contribution in [2.24, 2.45) is 0 Å². The fraction of sp³-hybridized carbons (Fsp3) is 0.308. The molecule has 0 spiro atoms. The lowest BCUT2D eigenvalue weighted by atomic mass is 10.2. The lowest BCUT2D eigenvalue weighted by Crippen LogP contribution is -2.06. The Morgan fingerprint density at radius 2 is 2.17 bits per heavy atom. The molecule has 1 rings (SSSR count). The van der Waals surface area contributed by atoms with Crippen LogP contribution in [0.3, 0.4) is 0 Å². The summed E-state index contributed by atoms with van der Waals surface area (Å²) in [4.78, 5) is 11.0. The number of aryl methyl sites for hydroxylation is 1. The van der Waals surface area contributed by atoms with E-state index in [0.29, 0.717) is 5.56 Å². The van der Waals surface area contributed by atoms with Crippen LogP contribution in [0.2, 0.25) is 0 Å². The van der Waals surface area contributed by atoms with Crippen molar-refractivity contribution in [3.05, 3.63) is 41.5 Å². The number of nitrogens with one attached hydrogen (secondary N) is 1.